The van der Waals surface area contributed by atoms with Crippen LogP contribution in [0.3, 0.4) is 0 Å². The molecule has 0 spiro atoms. The first kappa shape index (κ1) is 82.0. The first-order valence-corrected chi connectivity index (χ1v) is 41.2. The second-order valence-electron chi connectivity index (χ2n) is 30.2. The van der Waals surface area contributed by atoms with Crippen molar-refractivity contribution in [2.45, 2.75) is 411 Å². The zero-order chi connectivity index (χ0) is 68.8. The zero-order valence-corrected chi connectivity index (χ0v) is 62.1. The van der Waals surface area contributed by atoms with E-state index in [1.54, 1.807) is 0 Å². The number of aromatic hydroxyl groups is 8. The smallest absolute Gasteiger partial charge is 0.123 e. The van der Waals surface area contributed by atoms with E-state index in [0.717, 1.165) is 103 Å². The Morgan fingerprint density at radius 3 is 0.375 bits per heavy atom. The van der Waals surface area contributed by atoms with Crippen molar-refractivity contribution in [1.29, 1.82) is 0 Å². The standard InChI is InChI=1S/C88H144O8/c1-5-9-13-17-21-25-29-33-37-41-45-49-53-57-69-73-61-75(83(91)65-81(73)89)70(58-54-50-46-42-38-34-30-26-22-18-14-10-6-2)77-63-79(87(95)67-85(77)93)72(60-56-52-48-44-40-36-32-28-24-20-16-12-8-4)80-64-78(86(94)68-88(80)96)71(76-62-74(69)82(90)66-84(76)92)59-55-51-47-43-39-35-31-27-23-19-15-11-7-3/h61-72,89-96H,5-60H2,1-4H3. The molecular formula is C88H144O8. The van der Waals surface area contributed by atoms with Crippen molar-refractivity contribution in [1.82, 2.24) is 0 Å². The van der Waals surface area contributed by atoms with Gasteiger partial charge in [0.1, 0.15) is 46.0 Å². The lowest BCUT2D eigenvalue weighted by molar-refractivity contribution is 0.418. The molecule has 0 amide bonds. The Hall–Kier alpha value is -4.72. The lowest BCUT2D eigenvalue weighted by atomic mass is 9.76. The molecule has 0 aromatic heterocycles. The molecule has 8 heteroatoms. The van der Waals surface area contributed by atoms with Crippen LogP contribution < -0.4 is 0 Å². The van der Waals surface area contributed by atoms with Crippen molar-refractivity contribution in [3.8, 4) is 46.0 Å². The van der Waals surface area contributed by atoms with E-state index in [0.29, 0.717) is 70.2 Å². The summed E-state index contributed by atoms with van der Waals surface area (Å²) in [6, 6.07) is 13.5. The van der Waals surface area contributed by atoms with Gasteiger partial charge in [0, 0.05) is 92.4 Å². The fourth-order valence-corrected chi connectivity index (χ4v) is 16.1. The number of fused-ring (bicyclic) bond motifs is 8. The SMILES string of the molecule is CCCCCCCCCCCCCCCC1c2cc(c(O)cc2O)C(CCCCCCCCCCCCCCC)c2cc(c(O)cc2O)C(CCCCCCCCCCCCCCC)c2cc(c(O)cc2O)C(CCCCCCCCCCCCCCC)c2cc1c(O)cc2O. The highest BCUT2D eigenvalue weighted by Crippen LogP contribution is 2.53. The number of rotatable bonds is 56. The minimum absolute atomic E-state index is 0.0800. The third-order valence-corrected chi connectivity index (χ3v) is 22.1. The van der Waals surface area contributed by atoms with Gasteiger partial charge >= 0.3 is 0 Å². The molecular weight excluding hydrogens is 1180 g/mol. The number of benzene rings is 4. The van der Waals surface area contributed by atoms with Gasteiger partial charge in [0.05, 0.1) is 0 Å². The summed E-state index contributed by atoms with van der Waals surface area (Å²) in [5.41, 5.74) is 4.54. The highest BCUT2D eigenvalue weighted by molar-refractivity contribution is 5.62. The molecule has 8 bridgehead atoms. The van der Waals surface area contributed by atoms with Gasteiger partial charge in [0.15, 0.2) is 0 Å². The Morgan fingerprint density at radius 2 is 0.260 bits per heavy atom. The zero-order valence-electron chi connectivity index (χ0n) is 62.1. The second-order valence-corrected chi connectivity index (χ2v) is 30.2. The largest absolute Gasteiger partial charge is 0.508 e. The molecule has 544 valence electrons. The van der Waals surface area contributed by atoms with Crippen LogP contribution in [0.15, 0.2) is 48.5 Å². The monoisotopic (exact) mass is 1330 g/mol. The quantitative estimate of drug-likeness (QED) is 0.0203. The number of phenols is 8. The number of unbranched alkanes of at least 4 members (excludes halogenated alkanes) is 48. The summed E-state index contributed by atoms with van der Waals surface area (Å²) >= 11 is 0. The molecule has 4 aromatic rings. The predicted octanol–water partition coefficient (Wildman–Crippen LogP) is 28.1. The van der Waals surface area contributed by atoms with Crippen LogP contribution in [0.1, 0.15) is 455 Å². The molecule has 96 heavy (non-hydrogen) atoms. The Morgan fingerprint density at radius 1 is 0.156 bits per heavy atom. The van der Waals surface area contributed by atoms with E-state index in [2.05, 4.69) is 27.7 Å². The maximum Gasteiger partial charge on any atom is 0.123 e. The molecule has 0 saturated heterocycles. The van der Waals surface area contributed by atoms with Crippen molar-refractivity contribution < 1.29 is 40.9 Å². The Kier molecular flexibility index (Phi) is 43.2. The lowest BCUT2D eigenvalue weighted by Gasteiger charge is -2.29. The van der Waals surface area contributed by atoms with Gasteiger partial charge in [-0.1, -0.05) is 362 Å². The summed E-state index contributed by atoms with van der Waals surface area (Å²) in [7, 11) is 0. The molecule has 0 aliphatic heterocycles. The number of hydrogen-bond acceptors (Lipinski definition) is 8. The van der Waals surface area contributed by atoms with Crippen LogP contribution in [0, 0.1) is 0 Å². The first-order valence-electron chi connectivity index (χ1n) is 41.2. The molecule has 0 heterocycles. The van der Waals surface area contributed by atoms with E-state index < -0.39 is 23.7 Å². The average Bonchev–Trinajstić information content (AvgIpc) is 0.762. The Balaban J connectivity index is 1.55. The van der Waals surface area contributed by atoms with E-state index >= 15 is 0 Å². The van der Waals surface area contributed by atoms with Gasteiger partial charge in [-0.05, 0) is 49.9 Å². The van der Waals surface area contributed by atoms with E-state index in [9.17, 15) is 40.9 Å². The summed E-state index contributed by atoms with van der Waals surface area (Å²) in [6.07, 6.45) is 65.2. The van der Waals surface area contributed by atoms with E-state index in [-0.39, 0.29) is 46.0 Å². The summed E-state index contributed by atoms with van der Waals surface area (Å²) in [5, 5.41) is 98.6. The lowest BCUT2D eigenvalue weighted by Crippen LogP contribution is -2.11. The van der Waals surface area contributed by atoms with Gasteiger partial charge in [-0.3, -0.25) is 0 Å². The molecule has 8 nitrogen and oxygen atoms in total. The fraction of sp³-hybridized carbons (Fsp3) is 0.727. The maximum absolute atomic E-state index is 12.3. The second kappa shape index (κ2) is 50.6. The van der Waals surface area contributed by atoms with Gasteiger partial charge in [0.2, 0.25) is 0 Å². The van der Waals surface area contributed by atoms with Crippen LogP contribution in [-0.4, -0.2) is 40.9 Å². The normalized spacial score (nSPS) is 15.5. The summed E-state index contributed by atoms with van der Waals surface area (Å²) < 4.78 is 0. The Labute approximate surface area is 587 Å². The molecule has 5 rings (SSSR count). The molecule has 0 saturated carbocycles. The minimum atomic E-state index is -0.545. The van der Waals surface area contributed by atoms with Gasteiger partial charge in [-0.25, -0.2) is 0 Å². The van der Waals surface area contributed by atoms with E-state index in [4.69, 9.17) is 0 Å². The Bertz CT molecular complexity index is 2180. The van der Waals surface area contributed by atoms with Crippen molar-refractivity contribution in [3.05, 3.63) is 93.0 Å². The van der Waals surface area contributed by atoms with Crippen molar-refractivity contribution in [2.75, 3.05) is 0 Å². The molecule has 4 aromatic carbocycles. The van der Waals surface area contributed by atoms with Crippen molar-refractivity contribution in [3.63, 3.8) is 0 Å². The van der Waals surface area contributed by atoms with E-state index in [1.807, 2.05) is 24.3 Å². The van der Waals surface area contributed by atoms with Crippen LogP contribution >= 0.6 is 0 Å². The van der Waals surface area contributed by atoms with Crippen LogP contribution in [0.5, 0.6) is 46.0 Å². The molecule has 8 N–H and O–H groups in total. The van der Waals surface area contributed by atoms with Gasteiger partial charge in [0.25, 0.3) is 0 Å². The van der Waals surface area contributed by atoms with Gasteiger partial charge < -0.3 is 40.9 Å². The van der Waals surface area contributed by atoms with E-state index in [1.165, 1.54) is 255 Å². The van der Waals surface area contributed by atoms with Crippen LogP contribution in [-0.2, 0) is 0 Å². The predicted molar refractivity (Wildman–Crippen MR) is 408 cm³/mol. The van der Waals surface area contributed by atoms with Gasteiger partial charge in [-0.15, -0.1) is 0 Å². The molecule has 0 atom stereocenters. The van der Waals surface area contributed by atoms with Crippen molar-refractivity contribution in [2.24, 2.45) is 0 Å². The first-order chi connectivity index (χ1) is 46.9. The highest BCUT2D eigenvalue weighted by Gasteiger charge is 2.33. The molecule has 0 fully saturated rings. The molecule has 1 aliphatic rings. The molecule has 0 radical (unpaired) electrons. The van der Waals surface area contributed by atoms with Crippen molar-refractivity contribution >= 4 is 0 Å². The molecule has 0 unspecified atom stereocenters. The van der Waals surface area contributed by atoms with Gasteiger partial charge in [-0.2, -0.15) is 0 Å². The number of hydrogen-bond donors (Lipinski definition) is 8. The summed E-state index contributed by atoms with van der Waals surface area (Å²) in [4.78, 5) is 0. The minimum Gasteiger partial charge on any atom is -0.508 e. The summed E-state index contributed by atoms with van der Waals surface area (Å²) in [5.74, 6) is -2.82. The van der Waals surface area contributed by atoms with Crippen LogP contribution in [0.2, 0.25) is 0 Å². The fourth-order valence-electron chi connectivity index (χ4n) is 16.1. The highest BCUT2D eigenvalue weighted by atomic mass is 16.3. The third kappa shape index (κ3) is 30.4. The average molecular weight is 1330 g/mol. The van der Waals surface area contributed by atoms with Crippen LogP contribution in [0.4, 0.5) is 0 Å². The number of phenolic OH excluding ortho intramolecular Hbond substituents is 8. The summed E-state index contributed by atoms with van der Waals surface area (Å²) in [6.45, 7) is 9.08. The third-order valence-electron chi connectivity index (χ3n) is 22.1. The van der Waals surface area contributed by atoms with Crippen LogP contribution in [0.25, 0.3) is 0 Å². The molecule has 1 aliphatic carbocycles. The topological polar surface area (TPSA) is 162 Å². The maximum atomic E-state index is 12.3.